The average molecular weight is 186 g/mol. The molecule has 0 spiro atoms. The van der Waals surface area contributed by atoms with Gasteiger partial charge in [-0.25, -0.2) is 4.79 Å². The molecule has 0 bridgehead atoms. The number of hydrogen-bond acceptors (Lipinski definition) is 3. The number of ether oxygens (including phenoxy) is 2. The third kappa shape index (κ3) is 2.76. The van der Waals surface area contributed by atoms with Crippen LogP contribution in [0.25, 0.3) is 0 Å². The molecule has 1 aliphatic heterocycles. The third-order valence-electron chi connectivity index (χ3n) is 1.41. The molecule has 1 aliphatic rings. The zero-order valence-electron chi connectivity index (χ0n) is 7.96. The monoisotopic (exact) mass is 186 g/mol. The maximum Gasteiger partial charge on any atom is 1.00 e. The smallest absolute Gasteiger partial charge is 1.00 e. The van der Waals surface area contributed by atoms with Crippen LogP contribution in [0.5, 0.6) is 0 Å². The van der Waals surface area contributed by atoms with E-state index in [1.54, 1.807) is 6.92 Å². The minimum atomic E-state index is -1.42. The van der Waals surface area contributed by atoms with Gasteiger partial charge in [-0.15, -0.1) is 0 Å². The van der Waals surface area contributed by atoms with Gasteiger partial charge < -0.3 is 16.0 Å². The Kier molecular flexibility index (Phi) is 4.72. The molecule has 0 radical (unpaired) electrons. The van der Waals surface area contributed by atoms with E-state index >= 15 is 0 Å². The first kappa shape index (κ1) is 12.0. The van der Waals surface area contributed by atoms with Crippen LogP contribution in [0.2, 0.25) is 0 Å². The molecule has 1 rings (SSSR count). The number of aliphatic carboxylic acids is 1. The topological polar surface area (TPSA) is 55.8 Å². The molecule has 0 aromatic heterocycles. The van der Waals surface area contributed by atoms with E-state index in [0.29, 0.717) is 6.61 Å². The van der Waals surface area contributed by atoms with Crippen molar-refractivity contribution in [1.82, 2.24) is 0 Å². The van der Waals surface area contributed by atoms with E-state index in [-0.39, 0.29) is 58.9 Å². The quantitative estimate of drug-likeness (QED) is 0.454. The first-order valence-electron chi connectivity index (χ1n) is 3.10. The second kappa shape index (κ2) is 4.32. The van der Waals surface area contributed by atoms with Crippen LogP contribution in [-0.4, -0.2) is 29.6 Å². The van der Waals surface area contributed by atoms with E-state index in [4.69, 9.17) is 14.6 Å². The van der Waals surface area contributed by atoms with Crippen LogP contribution in [0.15, 0.2) is 0 Å². The van der Waals surface area contributed by atoms with Gasteiger partial charge in [0.15, 0.2) is 0 Å². The van der Waals surface area contributed by atoms with E-state index in [0.717, 1.165) is 0 Å². The van der Waals surface area contributed by atoms with E-state index in [9.17, 15) is 4.79 Å². The fourth-order valence-electron chi connectivity index (χ4n) is 0.840. The van der Waals surface area contributed by atoms with Crippen molar-refractivity contribution in [3.63, 3.8) is 0 Å². The van der Waals surface area contributed by atoms with Crippen molar-refractivity contribution in [2.75, 3.05) is 6.61 Å². The standard InChI is InChI=1S/C6H10O4.K.H/c1-4-3-9-6(2,10-4)5(7)8;;/h4H,3H2,1-2H3,(H,7,8);;/q;+1;-1. The van der Waals surface area contributed by atoms with Crippen molar-refractivity contribution in [3.05, 3.63) is 0 Å². The maximum atomic E-state index is 10.4. The van der Waals surface area contributed by atoms with Crippen molar-refractivity contribution in [3.8, 4) is 0 Å². The van der Waals surface area contributed by atoms with Crippen molar-refractivity contribution in [1.29, 1.82) is 0 Å². The Morgan fingerprint density at radius 2 is 2.36 bits per heavy atom. The number of carboxylic acid groups (broad SMARTS) is 1. The van der Waals surface area contributed by atoms with Gasteiger partial charge >= 0.3 is 57.4 Å². The number of rotatable bonds is 1. The SMILES string of the molecule is CC1COC(C)(C(=O)O)O1.[H-].[K+]. The van der Waals surface area contributed by atoms with Gasteiger partial charge in [0.1, 0.15) is 0 Å². The van der Waals surface area contributed by atoms with Crippen LogP contribution in [0.4, 0.5) is 0 Å². The average Bonchev–Trinajstić information content (AvgIpc) is 2.13. The summed E-state index contributed by atoms with van der Waals surface area (Å²) in [7, 11) is 0. The van der Waals surface area contributed by atoms with E-state index in [2.05, 4.69) is 0 Å². The molecule has 1 N–H and O–H groups in total. The van der Waals surface area contributed by atoms with Crippen LogP contribution in [-0.2, 0) is 14.3 Å². The van der Waals surface area contributed by atoms with Crippen molar-refractivity contribution in [2.45, 2.75) is 25.7 Å². The molecule has 0 aromatic rings. The Bertz CT molecular complexity index is 166. The Morgan fingerprint density at radius 3 is 2.55 bits per heavy atom. The molecule has 2 unspecified atom stereocenters. The van der Waals surface area contributed by atoms with Gasteiger partial charge in [-0.2, -0.15) is 0 Å². The van der Waals surface area contributed by atoms with Gasteiger partial charge in [0.05, 0.1) is 12.7 Å². The maximum absolute atomic E-state index is 10.4. The summed E-state index contributed by atoms with van der Waals surface area (Å²) in [6, 6.07) is 0. The third-order valence-corrected chi connectivity index (χ3v) is 1.41. The molecular formula is C6H11KO4. The van der Waals surface area contributed by atoms with Gasteiger partial charge in [0.2, 0.25) is 0 Å². The number of carboxylic acids is 1. The molecule has 0 amide bonds. The van der Waals surface area contributed by atoms with Gasteiger partial charge in [0, 0.05) is 6.92 Å². The first-order valence-corrected chi connectivity index (χ1v) is 3.10. The van der Waals surface area contributed by atoms with Crippen LogP contribution in [0.1, 0.15) is 15.3 Å². The molecule has 60 valence electrons. The van der Waals surface area contributed by atoms with Gasteiger partial charge in [0.25, 0.3) is 5.79 Å². The second-order valence-electron chi connectivity index (χ2n) is 2.49. The molecular weight excluding hydrogens is 175 g/mol. The van der Waals surface area contributed by atoms with Crippen molar-refractivity contribution in [2.24, 2.45) is 0 Å². The van der Waals surface area contributed by atoms with E-state index in [1.807, 2.05) is 0 Å². The predicted octanol–water partition coefficient (Wildman–Crippen LogP) is -2.66. The molecule has 0 aliphatic carbocycles. The van der Waals surface area contributed by atoms with Crippen LogP contribution < -0.4 is 51.4 Å². The van der Waals surface area contributed by atoms with E-state index in [1.165, 1.54) is 6.92 Å². The summed E-state index contributed by atoms with van der Waals surface area (Å²) < 4.78 is 9.88. The first-order chi connectivity index (χ1) is 4.54. The zero-order chi connectivity index (χ0) is 7.78. The van der Waals surface area contributed by atoms with Crippen molar-refractivity contribution < 1.29 is 72.2 Å². The summed E-state index contributed by atoms with van der Waals surface area (Å²) in [5.74, 6) is -2.49. The molecule has 2 atom stereocenters. The summed E-state index contributed by atoms with van der Waals surface area (Å²) >= 11 is 0. The van der Waals surface area contributed by atoms with E-state index < -0.39 is 11.8 Å². The molecule has 0 aromatic carbocycles. The molecule has 4 nitrogen and oxygen atoms in total. The normalized spacial score (nSPS) is 36.4. The summed E-state index contributed by atoms with van der Waals surface area (Å²) in [4.78, 5) is 10.4. The Balaban J connectivity index is 0. The number of carbonyl (C=O) groups is 1. The Labute approximate surface area is 109 Å². The zero-order valence-corrected chi connectivity index (χ0v) is 10.1. The van der Waals surface area contributed by atoms with Crippen molar-refractivity contribution >= 4 is 5.97 Å². The van der Waals surface area contributed by atoms with Crippen LogP contribution in [0.3, 0.4) is 0 Å². The molecule has 1 fully saturated rings. The minimum absolute atomic E-state index is 0. The molecule has 5 heteroatoms. The van der Waals surface area contributed by atoms with Gasteiger partial charge in [-0.1, -0.05) is 0 Å². The molecule has 1 saturated heterocycles. The Morgan fingerprint density at radius 1 is 1.82 bits per heavy atom. The summed E-state index contributed by atoms with van der Waals surface area (Å²) in [6.07, 6.45) is -0.124. The summed E-state index contributed by atoms with van der Waals surface area (Å²) in [5.41, 5.74) is 0. The molecule has 1 heterocycles. The molecule has 0 saturated carbocycles. The summed E-state index contributed by atoms with van der Waals surface area (Å²) in [5, 5.41) is 8.54. The predicted molar refractivity (Wildman–Crippen MR) is 33.7 cm³/mol. The fraction of sp³-hybridized carbons (Fsp3) is 0.833. The largest absolute Gasteiger partial charge is 1.00 e. The van der Waals surface area contributed by atoms with Crippen LogP contribution in [0, 0.1) is 0 Å². The fourth-order valence-corrected chi connectivity index (χ4v) is 0.840. The summed E-state index contributed by atoms with van der Waals surface area (Å²) in [6.45, 7) is 3.52. The van der Waals surface area contributed by atoms with Gasteiger partial charge in [-0.3, -0.25) is 0 Å². The minimum Gasteiger partial charge on any atom is -1.00 e. The Hall–Kier alpha value is 1.03. The second-order valence-corrected chi connectivity index (χ2v) is 2.49. The molecule has 11 heavy (non-hydrogen) atoms. The number of hydrogen-bond donors (Lipinski definition) is 1. The van der Waals surface area contributed by atoms with Gasteiger partial charge in [-0.05, 0) is 6.92 Å². The van der Waals surface area contributed by atoms with Crippen LogP contribution >= 0.6 is 0 Å².